The number of nitrogens with zero attached hydrogens (tertiary/aromatic N) is 1. The maximum atomic E-state index is 5.11. The van der Waals surface area contributed by atoms with Gasteiger partial charge in [0.1, 0.15) is 6.11 Å². The number of hydrogen-bond acceptors (Lipinski definition) is 3. The Bertz CT molecular complexity index is 117. The summed E-state index contributed by atoms with van der Waals surface area (Å²) in [6, 6.07) is 0. The molecule has 1 unspecified atom stereocenters. The molecule has 3 heteroatoms. The molecule has 0 aromatic heterocycles. The van der Waals surface area contributed by atoms with E-state index in [1.807, 2.05) is 21.0 Å². The molecule has 0 aliphatic heterocycles. The summed E-state index contributed by atoms with van der Waals surface area (Å²) in [5, 5.41) is 0. The van der Waals surface area contributed by atoms with Crippen molar-refractivity contribution >= 4 is 0 Å². The molecule has 0 saturated heterocycles. The molecular formula is C7H13NO2. The van der Waals surface area contributed by atoms with Crippen LogP contribution in [0.15, 0.2) is 0 Å². The van der Waals surface area contributed by atoms with Crippen LogP contribution in [-0.4, -0.2) is 32.0 Å². The normalized spacial score (nSPS) is 12.7. The van der Waals surface area contributed by atoms with E-state index in [-0.39, 0.29) is 0 Å². The minimum absolute atomic E-state index is 0.421. The minimum Gasteiger partial charge on any atom is -0.401 e. The minimum atomic E-state index is -0.421. The van der Waals surface area contributed by atoms with E-state index < -0.39 is 6.41 Å². The Hall–Kier alpha value is -0.720. The Kier molecular flexibility index (Phi) is 4.73. The largest absolute Gasteiger partial charge is 0.401 e. The predicted molar refractivity (Wildman–Crippen MR) is 39.0 cm³/mol. The first-order valence-corrected chi connectivity index (χ1v) is 3.11. The van der Waals surface area contributed by atoms with Gasteiger partial charge in [-0.05, 0) is 21.0 Å². The van der Waals surface area contributed by atoms with Crippen molar-refractivity contribution in [2.75, 3.05) is 20.7 Å². The van der Waals surface area contributed by atoms with Crippen LogP contribution >= 0.6 is 0 Å². The summed E-state index contributed by atoms with van der Waals surface area (Å²) in [6.07, 6.45) is 6.56. The van der Waals surface area contributed by atoms with Gasteiger partial charge < -0.3 is 9.47 Å². The summed E-state index contributed by atoms with van der Waals surface area (Å²) in [5.41, 5.74) is 0. The van der Waals surface area contributed by atoms with Crippen LogP contribution in [0.1, 0.15) is 6.92 Å². The molecule has 10 heavy (non-hydrogen) atoms. The van der Waals surface area contributed by atoms with Crippen molar-refractivity contribution in [3.8, 4) is 12.5 Å². The summed E-state index contributed by atoms with van der Waals surface area (Å²) in [5.74, 6) is 0. The Labute approximate surface area is 61.9 Å². The predicted octanol–water partition coefficient (Wildman–Crippen LogP) is 0.475. The highest BCUT2D eigenvalue weighted by Crippen LogP contribution is 1.95. The van der Waals surface area contributed by atoms with Gasteiger partial charge in [0.05, 0.1) is 0 Å². The van der Waals surface area contributed by atoms with Gasteiger partial charge in [-0.25, -0.2) is 0 Å². The van der Waals surface area contributed by atoms with Gasteiger partial charge in [0.25, 0.3) is 6.41 Å². The zero-order valence-electron chi connectivity index (χ0n) is 6.63. The quantitative estimate of drug-likeness (QED) is 0.422. The summed E-state index contributed by atoms with van der Waals surface area (Å²) in [7, 11) is 3.66. The SMILES string of the molecule is C#COC(OCC)N(C)C. The van der Waals surface area contributed by atoms with Gasteiger partial charge in [0, 0.05) is 6.61 Å². The second kappa shape index (κ2) is 5.10. The first-order valence-electron chi connectivity index (χ1n) is 3.11. The molecule has 0 radical (unpaired) electrons. The zero-order chi connectivity index (χ0) is 7.98. The zero-order valence-corrected chi connectivity index (χ0v) is 6.63. The van der Waals surface area contributed by atoms with Gasteiger partial charge in [0.15, 0.2) is 0 Å². The molecule has 0 bridgehead atoms. The van der Waals surface area contributed by atoms with Gasteiger partial charge >= 0.3 is 0 Å². The second-order valence-electron chi connectivity index (χ2n) is 1.96. The fourth-order valence-electron chi connectivity index (χ4n) is 0.489. The molecule has 0 heterocycles. The maximum absolute atomic E-state index is 5.11. The molecule has 58 valence electrons. The lowest BCUT2D eigenvalue weighted by molar-refractivity contribution is -0.171. The fraction of sp³-hybridized carbons (Fsp3) is 0.714. The number of terminal acetylenes is 1. The molecule has 0 aromatic rings. The van der Waals surface area contributed by atoms with Gasteiger partial charge in [-0.15, -0.1) is 0 Å². The molecule has 0 aliphatic carbocycles. The standard InChI is InChI=1S/C7H13NO2/c1-5-9-7(8(3)4)10-6-2/h1,7H,6H2,2-4H3. The first kappa shape index (κ1) is 9.28. The van der Waals surface area contributed by atoms with Crippen LogP contribution in [0.3, 0.4) is 0 Å². The molecule has 0 saturated carbocycles. The van der Waals surface area contributed by atoms with Crippen molar-refractivity contribution in [2.24, 2.45) is 0 Å². The van der Waals surface area contributed by atoms with Crippen molar-refractivity contribution in [1.29, 1.82) is 0 Å². The van der Waals surface area contributed by atoms with Gasteiger partial charge in [-0.1, -0.05) is 6.42 Å². The van der Waals surface area contributed by atoms with Crippen LogP contribution in [0.5, 0.6) is 0 Å². The highest BCUT2D eigenvalue weighted by atomic mass is 16.7. The van der Waals surface area contributed by atoms with Crippen LogP contribution in [0.25, 0.3) is 0 Å². The number of rotatable bonds is 4. The van der Waals surface area contributed by atoms with Crippen LogP contribution in [-0.2, 0) is 9.47 Å². The smallest absolute Gasteiger partial charge is 0.272 e. The van der Waals surface area contributed by atoms with Gasteiger partial charge in [-0.3, -0.25) is 4.90 Å². The Balaban J connectivity index is 3.63. The van der Waals surface area contributed by atoms with E-state index in [9.17, 15) is 0 Å². The van der Waals surface area contributed by atoms with Crippen molar-refractivity contribution in [3.05, 3.63) is 0 Å². The summed E-state index contributed by atoms with van der Waals surface area (Å²) in [6.45, 7) is 2.47. The lowest BCUT2D eigenvalue weighted by Gasteiger charge is -2.20. The van der Waals surface area contributed by atoms with E-state index >= 15 is 0 Å². The van der Waals surface area contributed by atoms with Crippen molar-refractivity contribution < 1.29 is 9.47 Å². The third-order valence-corrected chi connectivity index (χ3v) is 0.900. The van der Waals surface area contributed by atoms with Gasteiger partial charge in [0.2, 0.25) is 0 Å². The molecule has 3 nitrogen and oxygen atoms in total. The van der Waals surface area contributed by atoms with Crippen LogP contribution in [0.2, 0.25) is 0 Å². The second-order valence-corrected chi connectivity index (χ2v) is 1.96. The van der Waals surface area contributed by atoms with Crippen molar-refractivity contribution in [1.82, 2.24) is 4.90 Å². The highest BCUT2D eigenvalue weighted by Gasteiger charge is 2.09. The highest BCUT2D eigenvalue weighted by molar-refractivity contribution is 4.69. The van der Waals surface area contributed by atoms with Crippen molar-refractivity contribution in [3.63, 3.8) is 0 Å². The third kappa shape index (κ3) is 3.33. The number of ether oxygens (including phenoxy) is 2. The molecule has 0 aromatic carbocycles. The Morgan fingerprint density at radius 2 is 2.20 bits per heavy atom. The average Bonchev–Trinajstić information content (AvgIpc) is 1.87. The Morgan fingerprint density at radius 3 is 2.50 bits per heavy atom. The summed E-state index contributed by atoms with van der Waals surface area (Å²) >= 11 is 0. The molecular weight excluding hydrogens is 130 g/mol. The number of hydrogen-bond donors (Lipinski definition) is 0. The third-order valence-electron chi connectivity index (χ3n) is 0.900. The summed E-state index contributed by atoms with van der Waals surface area (Å²) in [4.78, 5) is 1.75. The van der Waals surface area contributed by atoms with E-state index in [1.165, 1.54) is 0 Å². The molecule has 0 fully saturated rings. The molecule has 0 rings (SSSR count). The van der Waals surface area contributed by atoms with Gasteiger partial charge in [-0.2, -0.15) is 0 Å². The monoisotopic (exact) mass is 143 g/mol. The summed E-state index contributed by atoms with van der Waals surface area (Å²) < 4.78 is 9.88. The van der Waals surface area contributed by atoms with E-state index in [0.717, 1.165) is 0 Å². The maximum Gasteiger partial charge on any atom is 0.272 e. The Morgan fingerprint density at radius 1 is 1.60 bits per heavy atom. The van der Waals surface area contributed by atoms with E-state index in [4.69, 9.17) is 15.9 Å². The van der Waals surface area contributed by atoms with E-state index in [0.29, 0.717) is 6.61 Å². The van der Waals surface area contributed by atoms with E-state index in [2.05, 4.69) is 6.11 Å². The lowest BCUT2D eigenvalue weighted by Crippen LogP contribution is -2.32. The molecule has 1 atom stereocenters. The van der Waals surface area contributed by atoms with Crippen LogP contribution in [0.4, 0.5) is 0 Å². The van der Waals surface area contributed by atoms with Crippen LogP contribution in [0, 0.1) is 12.5 Å². The van der Waals surface area contributed by atoms with Crippen molar-refractivity contribution in [2.45, 2.75) is 13.3 Å². The molecule has 0 spiro atoms. The van der Waals surface area contributed by atoms with Crippen LogP contribution < -0.4 is 0 Å². The lowest BCUT2D eigenvalue weighted by atomic mass is 10.8. The molecule has 0 aliphatic rings. The average molecular weight is 143 g/mol. The fourth-order valence-corrected chi connectivity index (χ4v) is 0.489. The van der Waals surface area contributed by atoms with E-state index in [1.54, 1.807) is 4.90 Å². The topological polar surface area (TPSA) is 21.7 Å². The molecule has 0 N–H and O–H groups in total. The molecule has 0 amide bonds. The first-order chi connectivity index (χ1) is 4.72.